The Kier molecular flexibility index (Phi) is 4.98. The number of hydrogen-bond acceptors (Lipinski definition) is 5. The number of rotatable bonds is 5. The van der Waals surface area contributed by atoms with E-state index in [2.05, 4.69) is 0 Å². The molecular formula is C17H20O5. The molecule has 1 aromatic rings. The molecule has 0 fully saturated rings. The molecule has 5 nitrogen and oxygen atoms in total. The smallest absolute Gasteiger partial charge is 0.327 e. The van der Waals surface area contributed by atoms with Crippen LogP contribution >= 0.6 is 0 Å². The van der Waals surface area contributed by atoms with Crippen LogP contribution in [0, 0.1) is 5.41 Å². The molecule has 0 aromatic heterocycles. The van der Waals surface area contributed by atoms with Crippen LogP contribution in [0.5, 0.6) is 0 Å². The Morgan fingerprint density at radius 3 is 2.27 bits per heavy atom. The number of fused-ring (bicyclic) bond motifs is 1. The van der Waals surface area contributed by atoms with Crippen LogP contribution in [-0.4, -0.2) is 36.9 Å². The Balaban J connectivity index is 2.55. The summed E-state index contributed by atoms with van der Waals surface area (Å²) in [5.74, 6) is -1.29. The highest BCUT2D eigenvalue weighted by Crippen LogP contribution is 2.39. The van der Waals surface area contributed by atoms with Crippen molar-refractivity contribution in [3.8, 4) is 0 Å². The van der Waals surface area contributed by atoms with E-state index >= 15 is 0 Å². The Hall–Kier alpha value is -2.14. The Bertz CT molecular complexity index is 585. The molecule has 0 heterocycles. The molecule has 0 saturated heterocycles. The number of aliphatic hydroxyl groups excluding tert-OH is 1. The molecule has 0 bridgehead atoms. The van der Waals surface area contributed by atoms with E-state index in [0.717, 1.165) is 11.1 Å². The van der Waals surface area contributed by atoms with Gasteiger partial charge in [-0.15, -0.1) is 0 Å². The summed E-state index contributed by atoms with van der Waals surface area (Å²) >= 11 is 0. The van der Waals surface area contributed by atoms with Crippen LogP contribution in [0.25, 0.3) is 5.57 Å². The third-order valence-electron chi connectivity index (χ3n) is 3.70. The lowest BCUT2D eigenvalue weighted by molar-refractivity contribution is -0.168. The van der Waals surface area contributed by atoms with Gasteiger partial charge in [0, 0.05) is 6.42 Å². The fourth-order valence-corrected chi connectivity index (χ4v) is 2.71. The highest BCUT2D eigenvalue weighted by Gasteiger charge is 2.49. The zero-order chi connectivity index (χ0) is 16.2. The summed E-state index contributed by atoms with van der Waals surface area (Å²) in [5, 5.41) is 9.62. The quantitative estimate of drug-likeness (QED) is 0.662. The van der Waals surface area contributed by atoms with Gasteiger partial charge in [0.25, 0.3) is 0 Å². The van der Waals surface area contributed by atoms with Crippen molar-refractivity contribution in [3.63, 3.8) is 0 Å². The first kappa shape index (κ1) is 16.2. The van der Waals surface area contributed by atoms with Crippen LogP contribution in [-0.2, 0) is 25.5 Å². The third-order valence-corrected chi connectivity index (χ3v) is 3.70. The number of benzene rings is 1. The maximum absolute atomic E-state index is 12.5. The predicted octanol–water partition coefficient (Wildman–Crippen LogP) is 1.73. The van der Waals surface area contributed by atoms with Crippen LogP contribution in [0.15, 0.2) is 30.3 Å². The molecule has 5 heteroatoms. The minimum Gasteiger partial charge on any atom is -0.465 e. The second-order valence-electron chi connectivity index (χ2n) is 5.07. The van der Waals surface area contributed by atoms with Crippen molar-refractivity contribution in [1.82, 2.24) is 0 Å². The first-order chi connectivity index (χ1) is 10.6. The van der Waals surface area contributed by atoms with Gasteiger partial charge in [-0.3, -0.25) is 9.59 Å². The largest absolute Gasteiger partial charge is 0.465 e. The standard InChI is InChI=1S/C17H20O5/c1-3-21-15(19)17(16(20)22-4-2)9-12-7-5-6-8-14(12)13(10-17)11-18/h5-8,10,18H,3-4,9,11H2,1-2H3. The maximum Gasteiger partial charge on any atom is 0.327 e. The van der Waals surface area contributed by atoms with Gasteiger partial charge in [0.15, 0.2) is 5.41 Å². The molecular weight excluding hydrogens is 284 g/mol. The van der Waals surface area contributed by atoms with E-state index in [0.29, 0.717) is 5.57 Å². The SMILES string of the molecule is CCOC(=O)C1(C(=O)OCC)C=C(CO)c2ccccc2C1. The van der Waals surface area contributed by atoms with Crippen molar-refractivity contribution in [1.29, 1.82) is 0 Å². The van der Waals surface area contributed by atoms with E-state index < -0.39 is 17.4 Å². The van der Waals surface area contributed by atoms with Crippen LogP contribution in [0.1, 0.15) is 25.0 Å². The van der Waals surface area contributed by atoms with Gasteiger partial charge in [-0.05, 0) is 36.6 Å². The molecule has 22 heavy (non-hydrogen) atoms. The molecule has 1 aliphatic carbocycles. The van der Waals surface area contributed by atoms with Crippen LogP contribution < -0.4 is 0 Å². The van der Waals surface area contributed by atoms with Gasteiger partial charge in [0.2, 0.25) is 0 Å². The number of aliphatic hydroxyl groups is 1. The van der Waals surface area contributed by atoms with Gasteiger partial charge < -0.3 is 14.6 Å². The first-order valence-electron chi connectivity index (χ1n) is 7.34. The number of ether oxygens (including phenoxy) is 2. The Labute approximate surface area is 129 Å². The lowest BCUT2D eigenvalue weighted by Gasteiger charge is -2.31. The molecule has 118 valence electrons. The van der Waals surface area contributed by atoms with E-state index in [1.807, 2.05) is 24.3 Å². The second kappa shape index (κ2) is 6.75. The van der Waals surface area contributed by atoms with Crippen molar-refractivity contribution in [2.24, 2.45) is 5.41 Å². The first-order valence-corrected chi connectivity index (χ1v) is 7.34. The fourth-order valence-electron chi connectivity index (χ4n) is 2.71. The minimum absolute atomic E-state index is 0.171. The molecule has 1 aromatic carbocycles. The molecule has 0 radical (unpaired) electrons. The molecule has 2 rings (SSSR count). The van der Waals surface area contributed by atoms with Gasteiger partial charge in [-0.25, -0.2) is 0 Å². The molecule has 0 spiro atoms. The summed E-state index contributed by atoms with van der Waals surface area (Å²) in [6, 6.07) is 7.38. The number of carbonyl (C=O) groups is 2. The zero-order valence-corrected chi connectivity index (χ0v) is 12.8. The lowest BCUT2D eigenvalue weighted by atomic mass is 9.73. The Morgan fingerprint density at radius 2 is 1.73 bits per heavy atom. The lowest BCUT2D eigenvalue weighted by Crippen LogP contribution is -2.44. The van der Waals surface area contributed by atoms with Gasteiger partial charge >= 0.3 is 11.9 Å². The van der Waals surface area contributed by atoms with Gasteiger partial charge in [0.05, 0.1) is 19.8 Å². The summed E-state index contributed by atoms with van der Waals surface area (Å²) in [7, 11) is 0. The molecule has 0 aliphatic heterocycles. The number of esters is 2. The maximum atomic E-state index is 12.5. The van der Waals surface area contributed by atoms with E-state index in [9.17, 15) is 14.7 Å². The van der Waals surface area contributed by atoms with Crippen molar-refractivity contribution in [2.75, 3.05) is 19.8 Å². The normalized spacial score (nSPS) is 15.5. The number of hydrogen-bond donors (Lipinski definition) is 1. The average molecular weight is 304 g/mol. The van der Waals surface area contributed by atoms with Crippen molar-refractivity contribution >= 4 is 17.5 Å². The van der Waals surface area contributed by atoms with E-state index in [1.54, 1.807) is 13.8 Å². The Morgan fingerprint density at radius 1 is 1.14 bits per heavy atom. The van der Waals surface area contributed by atoms with E-state index in [4.69, 9.17) is 9.47 Å². The molecule has 1 aliphatic rings. The predicted molar refractivity (Wildman–Crippen MR) is 80.9 cm³/mol. The highest BCUT2D eigenvalue weighted by molar-refractivity contribution is 6.05. The van der Waals surface area contributed by atoms with Gasteiger partial charge in [0.1, 0.15) is 0 Å². The third kappa shape index (κ3) is 2.76. The fraction of sp³-hybridized carbons (Fsp3) is 0.412. The zero-order valence-electron chi connectivity index (χ0n) is 12.8. The second-order valence-corrected chi connectivity index (χ2v) is 5.07. The van der Waals surface area contributed by atoms with Gasteiger partial charge in [-0.2, -0.15) is 0 Å². The van der Waals surface area contributed by atoms with E-state index in [-0.39, 0.29) is 26.2 Å². The van der Waals surface area contributed by atoms with Crippen molar-refractivity contribution in [3.05, 3.63) is 41.5 Å². The minimum atomic E-state index is -1.53. The summed E-state index contributed by atoms with van der Waals surface area (Å²) in [6.07, 6.45) is 1.66. The topological polar surface area (TPSA) is 72.8 Å². The molecule has 0 saturated carbocycles. The van der Waals surface area contributed by atoms with Crippen LogP contribution in [0.2, 0.25) is 0 Å². The molecule has 1 N–H and O–H groups in total. The van der Waals surface area contributed by atoms with Crippen LogP contribution in [0.3, 0.4) is 0 Å². The van der Waals surface area contributed by atoms with E-state index in [1.165, 1.54) is 6.08 Å². The summed E-state index contributed by atoms with van der Waals surface area (Å²) < 4.78 is 10.2. The van der Waals surface area contributed by atoms with Crippen molar-refractivity contribution < 1.29 is 24.2 Å². The monoisotopic (exact) mass is 304 g/mol. The van der Waals surface area contributed by atoms with Gasteiger partial charge in [-0.1, -0.05) is 24.3 Å². The molecule has 0 unspecified atom stereocenters. The highest BCUT2D eigenvalue weighted by atomic mass is 16.6. The van der Waals surface area contributed by atoms with Crippen molar-refractivity contribution in [2.45, 2.75) is 20.3 Å². The van der Waals surface area contributed by atoms with Crippen LogP contribution in [0.4, 0.5) is 0 Å². The summed E-state index contributed by atoms with van der Waals surface area (Å²) in [6.45, 7) is 3.44. The summed E-state index contributed by atoms with van der Waals surface area (Å²) in [4.78, 5) is 24.9. The number of carbonyl (C=O) groups excluding carboxylic acids is 2. The molecule has 0 amide bonds. The summed E-state index contributed by atoms with van der Waals surface area (Å²) in [5.41, 5.74) is 0.658. The average Bonchev–Trinajstić information content (AvgIpc) is 2.54. The molecule has 0 atom stereocenters.